The summed E-state index contributed by atoms with van der Waals surface area (Å²) in [6.45, 7) is 14.3. The van der Waals surface area contributed by atoms with Crippen LogP contribution in [-0.2, 0) is 98.3 Å². The molecule has 4 saturated carbocycles. The van der Waals surface area contributed by atoms with Gasteiger partial charge in [0.15, 0.2) is 41.1 Å². The summed E-state index contributed by atoms with van der Waals surface area (Å²) >= 11 is 0. The van der Waals surface area contributed by atoms with Crippen LogP contribution in [0.3, 0.4) is 0 Å². The Bertz CT molecular complexity index is 5270. The molecule has 26 nitrogen and oxygen atoms in total. The molecule has 0 radical (unpaired) electrons. The van der Waals surface area contributed by atoms with Crippen molar-refractivity contribution in [1.29, 1.82) is 0 Å². The normalized spacial score (nSPS) is 20.1. The molecule has 8 fully saturated rings. The molecule has 1 aromatic heterocycles. The van der Waals surface area contributed by atoms with Gasteiger partial charge in [0, 0.05) is 54.8 Å². The standard InChI is InChI=1S/C26H31NO5S.C25H33FN4O4.C24H33NO5S.C23H31NO5S/c1-26(2,17-33(30,31)23-5-3-4-22(15-23)32-16-19-6-7-19)21-11-8-18(9-12-21)14-20-10-13-24(28)27-25(20)29;1-2-25(33,19-10-11-21(26)22(13-19)34-15-17-7-8-17)16-30-20(14-27-29-30)6-4-3-5-18-9-12-23(31)28-24(18)32;1-24(2,14-5-3-4-7-19-12-13-22(26)25-23(19)27)17-31(28,29)21-9-6-8-20(15-21)30-16-18-10-11-18;1-17(20-7-5-8-21(14-20)29-15-18-9-10-18)16-30(27,28)13-4-2-3-6-19-11-12-22(25)24-23(19)26/h3-5,8-9,11-12,15,19-20H,6-7,10,13-14,16-17H2,1-2H3,(H,27,28,29);10-11,13-14,17-18,33H,2-9,12,15-16H2,1H3,(H,28,31,32);3-4,6,8-9,15,18-19H,5,7,10-14,16-17H2,1-2H3,(H,25,26,27);2-3,5,7-8,14,17-19H,4,6,9-13,15-16H2,1H3,(H,24,25,26)/b;;4-3+;3-2+/t;18?,25-;;17-,19?/m.0.0/s1. The van der Waals surface area contributed by atoms with Crippen LogP contribution in [0.2, 0.25) is 0 Å². The molecule has 6 atom stereocenters. The molecule has 8 aliphatic rings. The van der Waals surface area contributed by atoms with E-state index in [0.29, 0.717) is 155 Å². The number of unbranched alkanes of at least 4 members (excludes halogenated alkanes) is 1. The minimum Gasteiger partial charge on any atom is -0.493 e. The molecule has 6 aromatic rings. The quantitative estimate of drug-likeness (QED) is 0.0135. The number of hydrogen-bond acceptors (Lipinski definition) is 21. The van der Waals surface area contributed by atoms with E-state index in [0.717, 1.165) is 79.7 Å². The summed E-state index contributed by atoms with van der Waals surface area (Å²) in [6, 6.07) is 33.6. The zero-order valence-corrected chi connectivity index (χ0v) is 77.2. The molecular weight excluding hydrogens is 1690 g/mol. The van der Waals surface area contributed by atoms with Gasteiger partial charge in [-0.15, -0.1) is 5.10 Å². The minimum atomic E-state index is -3.52. The molecule has 5 N–H and O–H groups in total. The largest absolute Gasteiger partial charge is 0.493 e. The lowest BCUT2D eigenvalue weighted by Crippen LogP contribution is -2.41. The second-order valence-electron chi connectivity index (χ2n) is 37.5. The van der Waals surface area contributed by atoms with Crippen LogP contribution >= 0.6 is 0 Å². The number of halogens is 1. The third kappa shape index (κ3) is 32.1. The van der Waals surface area contributed by atoms with Crippen LogP contribution in [0.1, 0.15) is 236 Å². The van der Waals surface area contributed by atoms with Gasteiger partial charge in [-0.25, -0.2) is 34.3 Å². The number of imide groups is 4. The average molecular weight is 1820 g/mol. The van der Waals surface area contributed by atoms with Crippen molar-refractivity contribution in [3.05, 3.63) is 180 Å². The second kappa shape index (κ2) is 45.7. The number of benzene rings is 5. The van der Waals surface area contributed by atoms with Crippen molar-refractivity contribution < 1.29 is 92.1 Å². The first-order valence-corrected chi connectivity index (χ1v) is 50.7. The third-order valence-corrected chi connectivity index (χ3v) is 31.0. The van der Waals surface area contributed by atoms with Crippen LogP contribution < -0.4 is 40.2 Å². The van der Waals surface area contributed by atoms with E-state index in [9.17, 15) is 73.1 Å². The van der Waals surface area contributed by atoms with Gasteiger partial charge in [-0.2, -0.15) is 0 Å². The smallest absolute Gasteiger partial charge is 0.230 e. The Labute approximate surface area is 753 Å². The Morgan fingerprint density at radius 1 is 0.523 bits per heavy atom. The molecule has 128 heavy (non-hydrogen) atoms. The van der Waals surface area contributed by atoms with E-state index in [4.69, 9.17) is 18.9 Å². The number of piperidine rings is 4. The van der Waals surface area contributed by atoms with Gasteiger partial charge in [-0.05, 0) is 259 Å². The summed E-state index contributed by atoms with van der Waals surface area (Å²) in [5, 5.41) is 29.1. The van der Waals surface area contributed by atoms with Crippen molar-refractivity contribution in [1.82, 2.24) is 36.3 Å². The Balaban J connectivity index is 0.000000166. The van der Waals surface area contributed by atoms with Crippen LogP contribution in [-0.4, -0.2) is 142 Å². The maximum Gasteiger partial charge on any atom is 0.230 e. The first kappa shape index (κ1) is 98.8. The zero-order valence-electron chi connectivity index (χ0n) is 74.7. The fourth-order valence-electron chi connectivity index (χ4n) is 15.9. The molecular formula is C98H128FN7O19S3. The summed E-state index contributed by atoms with van der Waals surface area (Å²) < 4.78 is 116. The highest BCUT2D eigenvalue weighted by Gasteiger charge is 2.37. The van der Waals surface area contributed by atoms with Crippen molar-refractivity contribution in [2.24, 2.45) is 52.8 Å². The molecule has 4 aliphatic heterocycles. The number of amides is 8. The summed E-state index contributed by atoms with van der Waals surface area (Å²) in [7, 11) is -10.1. The number of hydrogen-bond donors (Lipinski definition) is 5. The molecule has 30 heteroatoms. The highest BCUT2D eigenvalue weighted by atomic mass is 32.2. The Kier molecular flexibility index (Phi) is 35.2. The van der Waals surface area contributed by atoms with Gasteiger partial charge in [0.2, 0.25) is 47.3 Å². The summed E-state index contributed by atoms with van der Waals surface area (Å²) in [4.78, 5) is 93.0. The van der Waals surface area contributed by atoms with E-state index in [1.165, 1.54) is 44.6 Å². The van der Waals surface area contributed by atoms with Crippen LogP contribution in [0, 0.1) is 58.6 Å². The summed E-state index contributed by atoms with van der Waals surface area (Å²) in [6.07, 6.45) is 29.7. The Morgan fingerprint density at radius 3 is 1.48 bits per heavy atom. The monoisotopic (exact) mass is 1820 g/mol. The summed E-state index contributed by atoms with van der Waals surface area (Å²) in [5.74, 6) is 1.92. The van der Waals surface area contributed by atoms with E-state index < -0.39 is 46.3 Å². The number of ether oxygens (including phenoxy) is 4. The number of aliphatic hydroxyl groups is 1. The third-order valence-electron chi connectivity index (χ3n) is 24.9. The lowest BCUT2D eigenvalue weighted by Gasteiger charge is -2.28. The zero-order chi connectivity index (χ0) is 91.8. The number of rotatable bonds is 43. The molecule has 0 spiro atoms. The highest BCUT2D eigenvalue weighted by molar-refractivity contribution is 7.92. The van der Waals surface area contributed by atoms with Gasteiger partial charge in [-0.1, -0.05) is 132 Å². The fourth-order valence-corrected chi connectivity index (χ4v) is 21.3. The Hall–Kier alpha value is -9.78. The number of carbonyl (C=O) groups is 8. The number of sulfone groups is 3. The molecule has 4 aliphatic carbocycles. The number of aromatic nitrogens is 3. The molecule has 694 valence electrons. The number of nitrogens with zero attached hydrogens (tertiary/aromatic N) is 3. The van der Waals surface area contributed by atoms with E-state index in [1.54, 1.807) is 71.5 Å². The van der Waals surface area contributed by atoms with Crippen LogP contribution in [0.5, 0.6) is 23.0 Å². The van der Waals surface area contributed by atoms with Gasteiger partial charge >= 0.3 is 0 Å². The van der Waals surface area contributed by atoms with Crippen molar-refractivity contribution in [3.63, 3.8) is 0 Å². The lowest BCUT2D eigenvalue weighted by molar-refractivity contribution is -0.138. The SMILES string of the molecule is CC(C)(CC/C=C/CC1CCC(=O)NC1=O)CS(=O)(=O)c1cccc(OCC2CC2)c1.CC(C)(CS(=O)(=O)c1cccc(OCC2CC2)c1)c1ccc(CC2CCC(=O)NC2=O)cc1.CC[C@](O)(Cn1nncc1CCCCC1CCC(=O)NC1=O)c1ccc(F)c(OCC2CC2)c1.C[C@@H](CS(=O)(=O)CC/C=C/CC1CCC(=O)NC1=O)c1cccc(OCC2CC2)c1. The topological polar surface area (TPSA) is 375 Å². The highest BCUT2D eigenvalue weighted by Crippen LogP contribution is 2.39. The van der Waals surface area contributed by atoms with Gasteiger partial charge in [0.1, 0.15) is 22.8 Å². The first-order chi connectivity index (χ1) is 61.0. The van der Waals surface area contributed by atoms with Crippen molar-refractivity contribution in [3.8, 4) is 23.0 Å². The average Bonchev–Trinajstić information content (AvgIpc) is 1.26. The van der Waals surface area contributed by atoms with E-state index >= 15 is 0 Å². The lowest BCUT2D eigenvalue weighted by atomic mass is 9.85. The van der Waals surface area contributed by atoms with Crippen LogP contribution in [0.25, 0.3) is 0 Å². The van der Waals surface area contributed by atoms with E-state index in [1.807, 2.05) is 114 Å². The van der Waals surface area contributed by atoms with Gasteiger partial charge in [-0.3, -0.25) is 59.6 Å². The van der Waals surface area contributed by atoms with E-state index in [-0.39, 0.29) is 122 Å². The van der Waals surface area contributed by atoms with Gasteiger partial charge in [0.25, 0.3) is 0 Å². The maximum atomic E-state index is 14.2. The maximum absolute atomic E-state index is 14.2. The van der Waals surface area contributed by atoms with Crippen molar-refractivity contribution in [2.75, 3.05) is 49.4 Å². The molecule has 8 amide bonds. The predicted octanol–water partition coefficient (Wildman–Crippen LogP) is 14.5. The van der Waals surface area contributed by atoms with Gasteiger partial charge in [0.05, 0.1) is 77.7 Å². The molecule has 5 heterocycles. The second-order valence-corrected chi connectivity index (χ2v) is 43.7. The van der Waals surface area contributed by atoms with Crippen LogP contribution in [0.15, 0.2) is 156 Å². The first-order valence-electron chi connectivity index (χ1n) is 45.6. The van der Waals surface area contributed by atoms with Crippen molar-refractivity contribution >= 4 is 76.8 Å². The number of allylic oxidation sites excluding steroid dienone is 4. The van der Waals surface area contributed by atoms with Crippen molar-refractivity contribution in [2.45, 2.75) is 248 Å². The van der Waals surface area contributed by atoms with Gasteiger partial charge < -0.3 is 24.1 Å². The predicted molar refractivity (Wildman–Crippen MR) is 483 cm³/mol. The molecule has 4 unspecified atom stereocenters. The number of nitrogens with one attached hydrogen (secondary N) is 4. The molecule has 0 bridgehead atoms. The summed E-state index contributed by atoms with van der Waals surface area (Å²) in [5.41, 5.74) is 2.12. The number of aryl methyl sites for hydroxylation is 1. The number of carbonyl (C=O) groups excluding carboxylic acids is 8. The van der Waals surface area contributed by atoms with Crippen LogP contribution in [0.4, 0.5) is 4.39 Å². The Morgan fingerprint density at radius 2 is 0.984 bits per heavy atom. The molecule has 14 rings (SSSR count). The van der Waals surface area contributed by atoms with E-state index in [2.05, 4.69) is 31.6 Å². The molecule has 4 saturated heterocycles. The fraction of sp³-hybridized carbons (Fsp3) is 0.551. The molecule has 5 aromatic carbocycles. The minimum absolute atomic E-state index is 0.0292.